The first kappa shape index (κ1) is 85.0. The number of alkyl halides is 4. The highest BCUT2D eigenvalue weighted by molar-refractivity contribution is 7.71. The first-order chi connectivity index (χ1) is 60.8. The summed E-state index contributed by atoms with van der Waals surface area (Å²) >= 11 is 19.7. The van der Waals surface area contributed by atoms with Crippen LogP contribution in [-0.2, 0) is 99.8 Å². The molecule has 4 unspecified atom stereocenters. The normalized spacial score (nSPS) is 34.5. The molecule has 4 aromatic heterocycles. The van der Waals surface area contributed by atoms with Crippen LogP contribution in [0.1, 0.15) is 55.3 Å². The van der Waals surface area contributed by atoms with Crippen molar-refractivity contribution < 1.29 is 177 Å². The molecule has 44 nitrogen and oxygen atoms in total. The average Bonchev–Trinajstić information content (AvgIpc) is 1.55. The Morgan fingerprint density at radius 3 is 0.952 bits per heavy atom. The number of benzene rings is 4. The molecule has 20 atom stereocenters. The third-order valence-electron chi connectivity index (χ3n) is 18.4. The minimum absolute atomic E-state index is 0.0522. The number of ether oxygens (including phenoxy) is 8. The summed E-state index contributed by atoms with van der Waals surface area (Å²) in [4.78, 5) is 54.3. The van der Waals surface area contributed by atoms with E-state index < -0.39 is 182 Å². The van der Waals surface area contributed by atoms with Gasteiger partial charge in [-0.1, -0.05) is 48.5 Å². The van der Waals surface area contributed by atoms with Crippen LogP contribution in [0.3, 0.4) is 0 Å². The molecular formula is C68H72F4N8O36P4S4. The number of rotatable bonds is 20. The van der Waals surface area contributed by atoms with Crippen LogP contribution in [0.2, 0.25) is 0 Å². The van der Waals surface area contributed by atoms with Gasteiger partial charge < -0.3 is 96.8 Å². The summed E-state index contributed by atoms with van der Waals surface area (Å²) in [7, 11) is -13.0. The van der Waals surface area contributed by atoms with Crippen LogP contribution in [0.25, 0.3) is 0 Å². The molecule has 0 spiro atoms. The lowest BCUT2D eigenvalue weighted by Crippen LogP contribution is -2.43. The summed E-state index contributed by atoms with van der Waals surface area (Å²) in [5, 5.41) is 82.4. The first-order valence-electron chi connectivity index (χ1n) is 38.2. The predicted octanol–water partition coefficient (Wildman–Crippen LogP) is 6.26. The van der Waals surface area contributed by atoms with Gasteiger partial charge in [-0.25, -0.2) is 35.8 Å². The standard InChI is InChI=1S/4C17H18FN2O9PS/c4*1-25-10-4-2-3-9-7-26-30(24,29-13(9)10)27-8-17(18)14(23)12(22)15(28-17)20-6-5-11(21)19-16(20)31/h4*2-6,12,14-15,22-23H,7-8H2,1H3,(H,19,21,31)/t4*12-,14+,15-,17-,30?/m1111/s1/i8D2,15D;15D;8D2;. The Bertz CT molecular complexity index is 6350. The molecule has 0 amide bonds. The molecule has 8 aromatic rings. The summed E-state index contributed by atoms with van der Waals surface area (Å²) in [6.07, 6.45) is -22.9. The van der Waals surface area contributed by atoms with Crippen molar-refractivity contribution in [3.8, 4) is 46.0 Å². The Kier molecular flexibility index (Phi) is 25.4. The van der Waals surface area contributed by atoms with Crippen LogP contribution < -0.4 is 59.3 Å². The molecule has 0 radical (unpaired) electrons. The Balaban J connectivity index is 0.000000148. The molecule has 12 N–H and O–H groups in total. The van der Waals surface area contributed by atoms with Gasteiger partial charge in [-0.05, 0) is 73.1 Å². The van der Waals surface area contributed by atoms with E-state index in [-0.39, 0.29) is 86.7 Å². The Morgan fingerprint density at radius 2 is 0.645 bits per heavy atom. The van der Waals surface area contributed by atoms with Gasteiger partial charge in [0.25, 0.3) is 45.7 Å². The zero-order chi connectivity index (χ0) is 95.0. The molecule has 12 heterocycles. The monoisotopic (exact) mass is 1910 g/mol. The second-order valence-electron chi connectivity index (χ2n) is 26.4. The summed E-state index contributed by atoms with van der Waals surface area (Å²) in [5.74, 6) is -13.1. The highest BCUT2D eigenvalue weighted by atomic mass is 32.1. The Hall–Kier alpha value is -8.48. The van der Waals surface area contributed by atoms with E-state index in [1.54, 1.807) is 60.7 Å². The van der Waals surface area contributed by atoms with Crippen LogP contribution in [0, 0.1) is 19.1 Å². The number of fused-ring (bicyclic) bond motifs is 4. The largest absolute Gasteiger partial charge is 0.530 e. The van der Waals surface area contributed by atoms with Gasteiger partial charge in [0, 0.05) is 71.3 Å². The molecule has 4 aromatic carbocycles. The fourth-order valence-corrected chi connectivity index (χ4v) is 17.8. The van der Waals surface area contributed by atoms with E-state index in [1.165, 1.54) is 46.8 Å². The fraction of sp³-hybridized carbons (Fsp3) is 0.412. The molecule has 0 bridgehead atoms. The molecule has 56 heteroatoms. The number of phosphoric ester groups is 4. The molecule has 672 valence electrons. The molecule has 8 aliphatic heterocycles. The van der Waals surface area contributed by atoms with Gasteiger partial charge in [0.15, 0.2) is 89.9 Å². The van der Waals surface area contributed by atoms with E-state index in [9.17, 15) is 78.3 Å². The molecule has 4 saturated heterocycles. The van der Waals surface area contributed by atoms with E-state index in [0.717, 1.165) is 56.6 Å². The third-order valence-corrected chi connectivity index (χ3v) is 24.5. The van der Waals surface area contributed by atoms with E-state index in [0.29, 0.717) is 26.8 Å². The van der Waals surface area contributed by atoms with Gasteiger partial charge in [0.05, 0.1) is 63.1 Å². The maximum atomic E-state index is 15.9. The number of nitrogens with one attached hydrogen (secondary N) is 4. The predicted molar refractivity (Wildman–Crippen MR) is 415 cm³/mol. The zero-order valence-corrected chi connectivity index (χ0v) is 70.1. The van der Waals surface area contributed by atoms with Gasteiger partial charge >= 0.3 is 31.3 Å². The van der Waals surface area contributed by atoms with Gasteiger partial charge in [-0.15, -0.1) is 0 Å². The number of H-pyrrole nitrogens is 4. The third kappa shape index (κ3) is 19.5. The highest BCUT2D eigenvalue weighted by Crippen LogP contribution is 2.62. The Labute approximate surface area is 721 Å². The number of hydrogen-bond acceptors (Lipinski definition) is 40. The van der Waals surface area contributed by atoms with Crippen molar-refractivity contribution in [2.45, 2.75) is 124 Å². The molecule has 4 fully saturated rings. The summed E-state index contributed by atoms with van der Waals surface area (Å²) in [6, 6.07) is 23.0. The average molecular weight is 1910 g/mol. The van der Waals surface area contributed by atoms with Crippen molar-refractivity contribution in [1.29, 1.82) is 0 Å². The lowest BCUT2D eigenvalue weighted by molar-refractivity contribution is -0.205. The summed E-state index contributed by atoms with van der Waals surface area (Å²) in [5.41, 5.74) is -0.514. The summed E-state index contributed by atoms with van der Waals surface area (Å²) < 4.78 is 266. The summed E-state index contributed by atoms with van der Waals surface area (Å²) in [6.45, 7) is -10.9. The quantitative estimate of drug-likeness (QED) is 0.0227. The molecule has 0 aliphatic carbocycles. The maximum absolute atomic E-state index is 15.9. The zero-order valence-electron chi connectivity index (χ0n) is 69.3. The second-order valence-corrected chi connectivity index (χ2v) is 34.1. The fourth-order valence-electron chi connectivity index (χ4n) is 12.1. The van der Waals surface area contributed by atoms with Crippen molar-refractivity contribution in [3.63, 3.8) is 0 Å². The van der Waals surface area contributed by atoms with Crippen molar-refractivity contribution >= 4 is 80.2 Å². The number of hydrogen-bond donors (Lipinski definition) is 12. The van der Waals surface area contributed by atoms with Crippen molar-refractivity contribution in [1.82, 2.24) is 38.2 Å². The van der Waals surface area contributed by atoms with E-state index in [4.69, 9.17) is 149 Å². The van der Waals surface area contributed by atoms with Crippen LogP contribution in [0.4, 0.5) is 17.6 Å². The van der Waals surface area contributed by atoms with Crippen LogP contribution >= 0.6 is 80.2 Å². The van der Waals surface area contributed by atoms with E-state index in [1.807, 2.05) is 0 Å². The van der Waals surface area contributed by atoms with Crippen LogP contribution in [0.5, 0.6) is 46.0 Å². The number of phosphoric acid groups is 4. The van der Waals surface area contributed by atoms with Gasteiger partial charge in [-0.3, -0.25) is 93.6 Å². The molecular weight excluding hydrogens is 1830 g/mol. The topological polar surface area (TPSA) is 566 Å². The number of aromatic amines is 4. The molecule has 124 heavy (non-hydrogen) atoms. The van der Waals surface area contributed by atoms with Crippen molar-refractivity contribution in [3.05, 3.63) is 205 Å². The van der Waals surface area contributed by atoms with Crippen LogP contribution in [-0.4, -0.2) is 206 Å². The number of methoxy groups -OCH3 is 4. The minimum atomic E-state index is -4.88. The lowest BCUT2D eigenvalue weighted by atomic mass is 10.1. The minimum Gasteiger partial charge on any atom is -0.493 e. The van der Waals surface area contributed by atoms with Gasteiger partial charge in [0.2, 0.25) is 0 Å². The number of aromatic nitrogens is 8. The molecule has 16 rings (SSSR count). The highest BCUT2D eigenvalue weighted by Gasteiger charge is 2.62. The number of nitrogens with zero attached hydrogens (tertiary/aromatic N) is 4. The smallest absolute Gasteiger partial charge is 0.493 e. The number of aliphatic hydroxyl groups excluding tert-OH is 8. The van der Waals surface area contributed by atoms with Crippen LogP contribution in [0.15, 0.2) is 141 Å². The van der Waals surface area contributed by atoms with E-state index >= 15 is 17.6 Å². The number of halogens is 4. The second kappa shape index (κ2) is 37.1. The number of para-hydroxylation sites is 4. The first-order valence-corrected chi connectivity index (χ1v) is 42.7. The Morgan fingerprint density at radius 1 is 0.395 bits per heavy atom. The lowest BCUT2D eigenvalue weighted by Gasteiger charge is -2.29. The SMILES string of the molecule is COc1cccc2c1OP(=O)(OC[C@@]1(F)O[C@@H](n3ccc(=O)[nH]c3=S)[C@H](O)[C@@H]1O)OC2.[2H]C([2H])(OP1(=O)OCc2cccc(OC)c2O1)[C@@]1(F)O[C@@H](n2ccc(=O)[nH]c2=S)[C@H](O)[C@@H]1O.[2H]C([2H])(OP1(=O)OCc2cccc(OC)c2O1)[C@@]1(F)O[C@@]([2H])(n2ccc(=O)[nH]c2=S)[C@H](O)[C@@H]1O.[2H][C@@]1(n2ccc(=O)[nH]c2=S)O[C@](F)(COP2(=O)OCc3cccc(OC)c3O2)[C@@H](O)[C@H]1O. The van der Waals surface area contributed by atoms with Gasteiger partial charge in [0.1, 0.15) is 75.2 Å². The number of aliphatic hydroxyl groups is 8. The van der Waals surface area contributed by atoms with Crippen molar-refractivity contribution in [2.75, 3.05) is 54.8 Å². The molecule has 0 saturated carbocycles. The maximum Gasteiger partial charge on any atom is 0.530 e. The van der Waals surface area contributed by atoms with Crippen molar-refractivity contribution in [2.24, 2.45) is 0 Å². The molecule has 8 aliphatic rings. The van der Waals surface area contributed by atoms with E-state index in [2.05, 4.69) is 19.9 Å². The van der Waals surface area contributed by atoms with Gasteiger partial charge in [-0.2, -0.15) is 0 Å².